The van der Waals surface area contributed by atoms with Gasteiger partial charge in [0.1, 0.15) is 5.75 Å². The number of aromatic nitrogens is 2. The molecular formula is C23H31N3O2. The van der Waals surface area contributed by atoms with Crippen LogP contribution in [0, 0.1) is 17.8 Å². The lowest BCUT2D eigenvalue weighted by Gasteiger charge is -2.38. The van der Waals surface area contributed by atoms with E-state index in [1.807, 2.05) is 18.3 Å². The summed E-state index contributed by atoms with van der Waals surface area (Å²) >= 11 is 0. The summed E-state index contributed by atoms with van der Waals surface area (Å²) < 4.78 is 14.2. The van der Waals surface area contributed by atoms with Crippen molar-refractivity contribution in [2.75, 3.05) is 26.8 Å². The van der Waals surface area contributed by atoms with E-state index in [-0.39, 0.29) is 0 Å². The van der Waals surface area contributed by atoms with E-state index in [4.69, 9.17) is 9.47 Å². The van der Waals surface area contributed by atoms with Gasteiger partial charge in [0.2, 0.25) is 0 Å². The van der Waals surface area contributed by atoms with E-state index >= 15 is 0 Å². The number of nitrogens with zero attached hydrogens (tertiary/aromatic N) is 3. The molecule has 2 aliphatic carbocycles. The molecule has 150 valence electrons. The SMILES string of the molecule is COc1ccccc1CN1C[C@H]2C[C@H](OCC3CC3)[C@@H](n3cccn3)C[C@H]2C1. The molecule has 4 atom stereocenters. The minimum atomic E-state index is 0.299. The van der Waals surface area contributed by atoms with Crippen LogP contribution in [0.25, 0.3) is 0 Å². The predicted molar refractivity (Wildman–Crippen MR) is 108 cm³/mol. The number of ether oxygens (including phenoxy) is 2. The fraction of sp³-hybridized carbons (Fsp3) is 0.609. The average Bonchev–Trinajstić information content (AvgIpc) is 3.22. The van der Waals surface area contributed by atoms with Crippen molar-refractivity contribution in [3.63, 3.8) is 0 Å². The lowest BCUT2D eigenvalue weighted by Crippen LogP contribution is -2.38. The molecule has 0 N–H and O–H groups in total. The van der Waals surface area contributed by atoms with Crippen LogP contribution in [0.1, 0.15) is 37.3 Å². The molecule has 28 heavy (non-hydrogen) atoms. The Morgan fingerprint density at radius 3 is 2.64 bits per heavy atom. The highest BCUT2D eigenvalue weighted by Crippen LogP contribution is 2.43. The molecule has 0 radical (unpaired) electrons. The fourth-order valence-electron chi connectivity index (χ4n) is 5.17. The summed E-state index contributed by atoms with van der Waals surface area (Å²) in [6.07, 6.45) is 9.32. The van der Waals surface area contributed by atoms with Crippen molar-refractivity contribution in [1.82, 2.24) is 14.7 Å². The van der Waals surface area contributed by atoms with Gasteiger partial charge in [0, 0.05) is 44.2 Å². The van der Waals surface area contributed by atoms with Crippen molar-refractivity contribution in [2.45, 2.75) is 44.4 Å². The molecule has 3 fully saturated rings. The lowest BCUT2D eigenvalue weighted by atomic mass is 9.77. The molecule has 0 amide bonds. The molecule has 0 unspecified atom stereocenters. The van der Waals surface area contributed by atoms with E-state index in [0.29, 0.717) is 12.1 Å². The summed E-state index contributed by atoms with van der Waals surface area (Å²) in [6.45, 7) is 4.23. The maximum absolute atomic E-state index is 6.44. The molecule has 1 aliphatic heterocycles. The summed E-state index contributed by atoms with van der Waals surface area (Å²) in [5, 5.41) is 4.56. The zero-order valence-electron chi connectivity index (χ0n) is 16.7. The van der Waals surface area contributed by atoms with Crippen LogP contribution in [0.2, 0.25) is 0 Å². The molecule has 1 aromatic carbocycles. The third-order valence-electron chi connectivity index (χ3n) is 6.85. The van der Waals surface area contributed by atoms with Crippen LogP contribution in [0.3, 0.4) is 0 Å². The first-order chi connectivity index (χ1) is 13.8. The van der Waals surface area contributed by atoms with E-state index in [1.54, 1.807) is 7.11 Å². The highest BCUT2D eigenvalue weighted by atomic mass is 16.5. The largest absolute Gasteiger partial charge is 0.496 e. The van der Waals surface area contributed by atoms with Crippen LogP contribution in [-0.4, -0.2) is 47.6 Å². The number of likely N-dealkylation sites (tertiary alicyclic amines) is 1. The Bertz CT molecular complexity index is 774. The van der Waals surface area contributed by atoms with E-state index in [0.717, 1.165) is 56.2 Å². The van der Waals surface area contributed by atoms with Gasteiger partial charge in [0.05, 0.1) is 19.3 Å². The van der Waals surface area contributed by atoms with Crippen molar-refractivity contribution in [3.8, 4) is 5.75 Å². The van der Waals surface area contributed by atoms with E-state index < -0.39 is 0 Å². The Hall–Kier alpha value is -1.85. The minimum absolute atomic E-state index is 0.299. The first kappa shape index (κ1) is 18.2. The quantitative estimate of drug-likeness (QED) is 0.732. The molecule has 5 heteroatoms. The lowest BCUT2D eigenvalue weighted by molar-refractivity contribution is -0.0371. The van der Waals surface area contributed by atoms with E-state index in [2.05, 4.69) is 39.1 Å². The molecule has 0 bridgehead atoms. The summed E-state index contributed by atoms with van der Waals surface area (Å²) in [7, 11) is 1.76. The standard InChI is InChI=1S/C23H31N3O2/c1-27-22-6-3-2-5-18(22)13-25-14-19-11-21(26-10-4-9-24-26)23(12-20(19)15-25)28-16-17-7-8-17/h2-6,9-10,17,19-21,23H,7-8,11-16H2,1H3/t19-,20+,21-,23-/m0/s1. The van der Waals surface area contributed by atoms with E-state index in [1.165, 1.54) is 24.8 Å². The highest BCUT2D eigenvalue weighted by Gasteiger charge is 2.44. The Kier molecular flexibility index (Phi) is 5.12. The van der Waals surface area contributed by atoms with Gasteiger partial charge in [-0.3, -0.25) is 9.58 Å². The van der Waals surface area contributed by atoms with Gasteiger partial charge in [-0.2, -0.15) is 5.10 Å². The van der Waals surface area contributed by atoms with Gasteiger partial charge >= 0.3 is 0 Å². The molecule has 1 saturated heterocycles. The fourth-order valence-corrected chi connectivity index (χ4v) is 5.17. The molecule has 2 saturated carbocycles. The molecule has 1 aromatic heterocycles. The maximum Gasteiger partial charge on any atom is 0.123 e. The second-order valence-corrected chi connectivity index (χ2v) is 8.87. The maximum atomic E-state index is 6.44. The summed E-state index contributed by atoms with van der Waals surface area (Å²) in [6, 6.07) is 10.8. The summed E-state index contributed by atoms with van der Waals surface area (Å²) in [5.74, 6) is 3.26. The monoisotopic (exact) mass is 381 g/mol. The summed E-state index contributed by atoms with van der Waals surface area (Å²) in [4.78, 5) is 2.61. The average molecular weight is 382 g/mol. The summed E-state index contributed by atoms with van der Waals surface area (Å²) in [5.41, 5.74) is 1.29. The van der Waals surface area contributed by atoms with Crippen LogP contribution in [-0.2, 0) is 11.3 Å². The third kappa shape index (κ3) is 3.83. The Labute approximate surface area is 167 Å². The Balaban J connectivity index is 1.28. The molecule has 3 aliphatic rings. The van der Waals surface area contributed by atoms with Crippen LogP contribution in [0.4, 0.5) is 0 Å². The van der Waals surface area contributed by atoms with Crippen LogP contribution in [0.5, 0.6) is 5.75 Å². The third-order valence-corrected chi connectivity index (χ3v) is 6.85. The predicted octanol–water partition coefficient (Wildman–Crippen LogP) is 3.77. The Morgan fingerprint density at radius 2 is 1.89 bits per heavy atom. The van der Waals surface area contributed by atoms with E-state index in [9.17, 15) is 0 Å². The number of hydrogen-bond donors (Lipinski definition) is 0. The van der Waals surface area contributed by atoms with Gasteiger partial charge in [-0.05, 0) is 55.6 Å². The van der Waals surface area contributed by atoms with Crippen molar-refractivity contribution in [1.29, 1.82) is 0 Å². The Morgan fingerprint density at radius 1 is 1.07 bits per heavy atom. The molecule has 5 rings (SSSR count). The highest BCUT2D eigenvalue weighted by molar-refractivity contribution is 5.33. The molecule has 5 nitrogen and oxygen atoms in total. The van der Waals surface area contributed by atoms with Crippen molar-refractivity contribution in [3.05, 3.63) is 48.3 Å². The second-order valence-electron chi connectivity index (χ2n) is 8.87. The van der Waals surface area contributed by atoms with Gasteiger partial charge < -0.3 is 9.47 Å². The molecular weight excluding hydrogens is 350 g/mol. The molecule has 2 aromatic rings. The number of rotatable bonds is 7. The van der Waals surface area contributed by atoms with Crippen molar-refractivity contribution in [2.24, 2.45) is 17.8 Å². The molecule has 2 heterocycles. The van der Waals surface area contributed by atoms with Gasteiger partial charge in [0.25, 0.3) is 0 Å². The van der Waals surface area contributed by atoms with Gasteiger partial charge in [-0.1, -0.05) is 18.2 Å². The second kappa shape index (κ2) is 7.88. The topological polar surface area (TPSA) is 39.5 Å². The van der Waals surface area contributed by atoms with Gasteiger partial charge in [-0.25, -0.2) is 0 Å². The van der Waals surface area contributed by atoms with Crippen LogP contribution in [0.15, 0.2) is 42.7 Å². The number of benzene rings is 1. The van der Waals surface area contributed by atoms with Crippen molar-refractivity contribution >= 4 is 0 Å². The smallest absolute Gasteiger partial charge is 0.123 e. The number of para-hydroxylation sites is 1. The molecule has 0 spiro atoms. The number of fused-ring (bicyclic) bond motifs is 1. The zero-order chi connectivity index (χ0) is 18.9. The van der Waals surface area contributed by atoms with Gasteiger partial charge in [0.15, 0.2) is 0 Å². The first-order valence-corrected chi connectivity index (χ1v) is 10.7. The van der Waals surface area contributed by atoms with Crippen LogP contribution >= 0.6 is 0 Å². The number of methoxy groups -OCH3 is 1. The normalized spacial score (nSPS) is 30.3. The number of hydrogen-bond acceptors (Lipinski definition) is 4. The van der Waals surface area contributed by atoms with Crippen LogP contribution < -0.4 is 4.74 Å². The van der Waals surface area contributed by atoms with Gasteiger partial charge in [-0.15, -0.1) is 0 Å². The minimum Gasteiger partial charge on any atom is -0.496 e. The van der Waals surface area contributed by atoms with Crippen molar-refractivity contribution < 1.29 is 9.47 Å². The zero-order valence-corrected chi connectivity index (χ0v) is 16.7. The first-order valence-electron chi connectivity index (χ1n) is 10.7.